The first kappa shape index (κ1) is 23.9. The second kappa shape index (κ2) is 8.38. The van der Waals surface area contributed by atoms with Crippen LogP contribution in [0.5, 0.6) is 0 Å². The third kappa shape index (κ3) is 4.53. The standard InChI is InChI=1S/C20H23F9/c1-2-3-4-13-5-7-14(8-6-13)15-9-11-16(12-10-15)17(21,22)18(23,24)19(25,26)20(27,28)29/h5-8,15-16H,2-4,9-12H2,1H3. The zero-order valence-electron chi connectivity index (χ0n) is 15.8. The van der Waals surface area contributed by atoms with Crippen molar-refractivity contribution in [2.45, 2.75) is 81.7 Å². The Hall–Kier alpha value is -1.41. The molecule has 1 aliphatic carbocycles. The second-order valence-corrected chi connectivity index (χ2v) is 7.66. The molecule has 2 rings (SSSR count). The first-order valence-electron chi connectivity index (χ1n) is 9.54. The smallest absolute Gasteiger partial charge is 0.199 e. The topological polar surface area (TPSA) is 0 Å². The maximum atomic E-state index is 14.1. The van der Waals surface area contributed by atoms with E-state index in [1.165, 1.54) is 0 Å². The van der Waals surface area contributed by atoms with Crippen molar-refractivity contribution in [3.05, 3.63) is 35.4 Å². The third-order valence-electron chi connectivity index (χ3n) is 5.68. The summed E-state index contributed by atoms with van der Waals surface area (Å²) in [5, 5.41) is 0. The lowest BCUT2D eigenvalue weighted by Crippen LogP contribution is -2.63. The molecule has 0 N–H and O–H groups in total. The molecule has 1 aliphatic rings. The van der Waals surface area contributed by atoms with Gasteiger partial charge in [0.15, 0.2) is 0 Å². The van der Waals surface area contributed by atoms with Crippen molar-refractivity contribution in [3.8, 4) is 0 Å². The van der Waals surface area contributed by atoms with Gasteiger partial charge in [0.2, 0.25) is 0 Å². The van der Waals surface area contributed by atoms with Crippen LogP contribution in [0.2, 0.25) is 0 Å². The van der Waals surface area contributed by atoms with Gasteiger partial charge < -0.3 is 0 Å². The molecule has 1 saturated carbocycles. The van der Waals surface area contributed by atoms with E-state index in [0.29, 0.717) is 0 Å². The van der Waals surface area contributed by atoms with Crippen LogP contribution in [-0.4, -0.2) is 23.9 Å². The highest BCUT2D eigenvalue weighted by molar-refractivity contribution is 5.26. The van der Waals surface area contributed by atoms with Gasteiger partial charge in [-0.3, -0.25) is 0 Å². The minimum Gasteiger partial charge on any atom is -0.199 e. The minimum absolute atomic E-state index is 0.0161. The lowest BCUT2D eigenvalue weighted by molar-refractivity contribution is -0.404. The molecule has 0 saturated heterocycles. The van der Waals surface area contributed by atoms with Gasteiger partial charge in [0.1, 0.15) is 0 Å². The largest absolute Gasteiger partial charge is 0.460 e. The van der Waals surface area contributed by atoms with Crippen LogP contribution in [0.4, 0.5) is 39.5 Å². The van der Waals surface area contributed by atoms with E-state index in [0.717, 1.165) is 30.4 Å². The zero-order chi connectivity index (χ0) is 22.1. The molecule has 0 atom stereocenters. The lowest BCUT2D eigenvalue weighted by Gasteiger charge is -2.40. The van der Waals surface area contributed by atoms with Crippen molar-refractivity contribution in [2.75, 3.05) is 0 Å². The van der Waals surface area contributed by atoms with E-state index in [9.17, 15) is 39.5 Å². The second-order valence-electron chi connectivity index (χ2n) is 7.66. The van der Waals surface area contributed by atoms with Crippen molar-refractivity contribution in [3.63, 3.8) is 0 Å². The Morgan fingerprint density at radius 2 is 1.28 bits per heavy atom. The van der Waals surface area contributed by atoms with Crippen molar-refractivity contribution in [2.24, 2.45) is 5.92 Å². The predicted molar refractivity (Wildman–Crippen MR) is 90.6 cm³/mol. The molecular formula is C20H23F9. The highest BCUT2D eigenvalue weighted by atomic mass is 19.4. The van der Waals surface area contributed by atoms with Gasteiger partial charge in [-0.25, -0.2) is 0 Å². The van der Waals surface area contributed by atoms with Crippen LogP contribution in [-0.2, 0) is 6.42 Å². The summed E-state index contributed by atoms with van der Waals surface area (Å²) in [7, 11) is 0. The maximum Gasteiger partial charge on any atom is 0.460 e. The van der Waals surface area contributed by atoms with Crippen molar-refractivity contribution in [1.29, 1.82) is 0 Å². The summed E-state index contributed by atoms with van der Waals surface area (Å²) in [6.45, 7) is 2.05. The SMILES string of the molecule is CCCCc1ccc(C2CCC(C(F)(F)C(F)(F)C(F)(F)C(F)(F)F)CC2)cc1. The van der Waals surface area contributed by atoms with Crippen LogP contribution in [0.1, 0.15) is 62.5 Å². The van der Waals surface area contributed by atoms with E-state index in [2.05, 4.69) is 6.92 Å². The molecule has 0 aliphatic heterocycles. The lowest BCUT2D eigenvalue weighted by atomic mass is 9.74. The number of benzene rings is 1. The Morgan fingerprint density at radius 3 is 1.72 bits per heavy atom. The highest BCUT2D eigenvalue weighted by Crippen LogP contribution is 2.57. The molecule has 1 aromatic rings. The first-order valence-corrected chi connectivity index (χ1v) is 9.54. The van der Waals surface area contributed by atoms with Gasteiger partial charge in [-0.15, -0.1) is 0 Å². The molecule has 0 radical (unpaired) electrons. The number of unbranched alkanes of at least 4 members (excludes halogenated alkanes) is 1. The van der Waals surface area contributed by atoms with E-state index in [4.69, 9.17) is 0 Å². The van der Waals surface area contributed by atoms with Crippen molar-refractivity contribution < 1.29 is 39.5 Å². The van der Waals surface area contributed by atoms with E-state index < -0.39 is 42.7 Å². The number of aryl methyl sites for hydroxylation is 1. The molecule has 0 unspecified atom stereocenters. The molecular weight excluding hydrogens is 411 g/mol. The average molecular weight is 434 g/mol. The molecule has 1 aromatic carbocycles. The average Bonchev–Trinajstić information content (AvgIpc) is 2.65. The van der Waals surface area contributed by atoms with Gasteiger partial charge in [0, 0.05) is 5.92 Å². The summed E-state index contributed by atoms with van der Waals surface area (Å²) >= 11 is 0. The Labute approximate surface area is 163 Å². The summed E-state index contributed by atoms with van der Waals surface area (Å²) in [5.74, 6) is -21.3. The van der Waals surface area contributed by atoms with Crippen LogP contribution in [0, 0.1) is 5.92 Å². The normalized spacial score (nSPS) is 22.0. The number of hydrogen-bond acceptors (Lipinski definition) is 0. The van der Waals surface area contributed by atoms with Gasteiger partial charge in [0.25, 0.3) is 0 Å². The maximum absolute atomic E-state index is 14.1. The van der Waals surface area contributed by atoms with E-state index in [1.807, 2.05) is 24.3 Å². The molecule has 0 aromatic heterocycles. The fraction of sp³-hybridized carbons (Fsp3) is 0.700. The molecule has 29 heavy (non-hydrogen) atoms. The number of rotatable bonds is 7. The Kier molecular flexibility index (Phi) is 6.89. The van der Waals surface area contributed by atoms with Gasteiger partial charge >= 0.3 is 23.9 Å². The van der Waals surface area contributed by atoms with Crippen LogP contribution >= 0.6 is 0 Å². The van der Waals surface area contributed by atoms with Crippen LogP contribution in [0.3, 0.4) is 0 Å². The Morgan fingerprint density at radius 1 is 0.759 bits per heavy atom. The number of alkyl halides is 9. The van der Waals surface area contributed by atoms with Crippen molar-refractivity contribution in [1.82, 2.24) is 0 Å². The summed E-state index contributed by atoms with van der Waals surface area (Å²) in [6.07, 6.45) is -4.93. The van der Waals surface area contributed by atoms with E-state index >= 15 is 0 Å². The monoisotopic (exact) mass is 434 g/mol. The highest BCUT2D eigenvalue weighted by Gasteiger charge is 2.82. The molecule has 1 fully saturated rings. The van der Waals surface area contributed by atoms with Gasteiger partial charge in [-0.05, 0) is 55.6 Å². The molecule has 0 nitrogen and oxygen atoms in total. The van der Waals surface area contributed by atoms with Gasteiger partial charge in [0.05, 0.1) is 0 Å². The van der Waals surface area contributed by atoms with Crippen molar-refractivity contribution >= 4 is 0 Å². The Bertz CT molecular complexity index is 654. The zero-order valence-corrected chi connectivity index (χ0v) is 15.8. The summed E-state index contributed by atoms with van der Waals surface area (Å²) in [4.78, 5) is 0. The number of hydrogen-bond donors (Lipinski definition) is 0. The predicted octanol–water partition coefficient (Wildman–Crippen LogP) is 7.77. The van der Waals surface area contributed by atoms with E-state index in [1.54, 1.807) is 0 Å². The van der Waals surface area contributed by atoms with Gasteiger partial charge in [-0.2, -0.15) is 39.5 Å². The fourth-order valence-corrected chi connectivity index (χ4v) is 3.77. The Balaban J connectivity index is 2.07. The van der Waals surface area contributed by atoms with Gasteiger partial charge in [-0.1, -0.05) is 37.6 Å². The first-order chi connectivity index (χ1) is 13.3. The minimum atomic E-state index is -6.81. The van der Waals surface area contributed by atoms with Crippen LogP contribution < -0.4 is 0 Å². The quantitative estimate of drug-likeness (QED) is 0.385. The fourth-order valence-electron chi connectivity index (χ4n) is 3.77. The summed E-state index contributed by atoms with van der Waals surface area (Å²) < 4.78 is 118. The molecule has 0 bridgehead atoms. The molecule has 0 amide bonds. The molecule has 166 valence electrons. The van der Waals surface area contributed by atoms with Crippen LogP contribution in [0.25, 0.3) is 0 Å². The third-order valence-corrected chi connectivity index (χ3v) is 5.68. The van der Waals surface area contributed by atoms with E-state index in [-0.39, 0.29) is 18.8 Å². The molecule has 9 heteroatoms. The van der Waals surface area contributed by atoms with Crippen LogP contribution in [0.15, 0.2) is 24.3 Å². The summed E-state index contributed by atoms with van der Waals surface area (Å²) in [5.41, 5.74) is 1.92. The molecule has 0 heterocycles. The summed E-state index contributed by atoms with van der Waals surface area (Å²) in [6, 6.07) is 7.43. The number of halogens is 9. The molecule has 0 spiro atoms.